The van der Waals surface area contributed by atoms with Gasteiger partial charge in [0.15, 0.2) is 0 Å². The van der Waals surface area contributed by atoms with Crippen LogP contribution in [-0.4, -0.2) is 26.3 Å². The molecule has 1 amide bonds. The van der Waals surface area contributed by atoms with Crippen molar-refractivity contribution in [2.75, 3.05) is 14.2 Å². The molecule has 126 valence electrons. The zero-order valence-electron chi connectivity index (χ0n) is 13.4. The van der Waals surface area contributed by atoms with Crippen LogP contribution in [0.4, 0.5) is 0 Å². The molecule has 2 aromatic rings. The molecule has 0 bridgehead atoms. The average molecular weight is 456 g/mol. The lowest BCUT2D eigenvalue weighted by Crippen LogP contribution is -2.18. The summed E-state index contributed by atoms with van der Waals surface area (Å²) in [5, 5.41) is 3.99. The van der Waals surface area contributed by atoms with Gasteiger partial charge in [-0.15, -0.1) is 0 Å². The summed E-state index contributed by atoms with van der Waals surface area (Å²) < 4.78 is 12.0. The number of carbonyl (C=O) groups is 1. The molecule has 0 radical (unpaired) electrons. The number of benzene rings is 2. The van der Waals surface area contributed by atoms with Crippen molar-refractivity contribution in [1.82, 2.24) is 5.43 Å². The molecule has 0 heterocycles. The normalized spacial score (nSPS) is 10.7. The number of halogens is 2. The summed E-state index contributed by atoms with van der Waals surface area (Å²) in [4.78, 5) is 12.2. The summed E-state index contributed by atoms with van der Waals surface area (Å²) in [5.74, 6) is 0.868. The van der Waals surface area contributed by atoms with Crippen LogP contribution in [0.15, 0.2) is 44.4 Å². The molecular formula is C17H16Br2N2O3. The fraction of sp³-hybridized carbons (Fsp3) is 0.176. The fourth-order valence-corrected chi connectivity index (χ4v) is 3.61. The van der Waals surface area contributed by atoms with E-state index in [4.69, 9.17) is 9.47 Å². The average Bonchev–Trinajstić information content (AvgIpc) is 2.54. The molecule has 1 N–H and O–H groups in total. The molecule has 0 aromatic heterocycles. The Bertz CT molecular complexity index is 768. The van der Waals surface area contributed by atoms with Gasteiger partial charge in [-0.25, -0.2) is 5.43 Å². The summed E-state index contributed by atoms with van der Waals surface area (Å²) in [6, 6.07) is 9.03. The maximum absolute atomic E-state index is 12.2. The molecule has 0 saturated carbocycles. The highest BCUT2D eigenvalue weighted by Gasteiger charge is 2.11. The second-order valence-corrected chi connectivity index (χ2v) is 6.63. The third kappa shape index (κ3) is 4.36. The van der Waals surface area contributed by atoms with Crippen LogP contribution in [0.1, 0.15) is 21.5 Å². The molecule has 24 heavy (non-hydrogen) atoms. The molecule has 0 unspecified atom stereocenters. The predicted octanol–water partition coefficient (Wildman–Crippen LogP) is 4.30. The van der Waals surface area contributed by atoms with E-state index >= 15 is 0 Å². The smallest absolute Gasteiger partial charge is 0.275 e. The monoisotopic (exact) mass is 454 g/mol. The van der Waals surface area contributed by atoms with Gasteiger partial charge in [0.25, 0.3) is 5.91 Å². The largest absolute Gasteiger partial charge is 0.496 e. The molecule has 0 aliphatic heterocycles. The maximum atomic E-state index is 12.2. The highest BCUT2D eigenvalue weighted by atomic mass is 79.9. The predicted molar refractivity (Wildman–Crippen MR) is 101 cm³/mol. The molecule has 0 aliphatic rings. The summed E-state index contributed by atoms with van der Waals surface area (Å²) in [6.07, 6.45) is 1.55. The zero-order valence-corrected chi connectivity index (χ0v) is 16.6. The van der Waals surface area contributed by atoms with Crippen molar-refractivity contribution in [3.63, 3.8) is 0 Å². The number of methoxy groups -OCH3 is 2. The Morgan fingerprint density at radius 3 is 2.38 bits per heavy atom. The van der Waals surface area contributed by atoms with Crippen LogP contribution in [0.5, 0.6) is 11.5 Å². The molecule has 0 atom stereocenters. The summed E-state index contributed by atoms with van der Waals surface area (Å²) in [7, 11) is 3.12. The highest BCUT2D eigenvalue weighted by Crippen LogP contribution is 2.33. The number of hydrogen-bond donors (Lipinski definition) is 1. The van der Waals surface area contributed by atoms with E-state index in [-0.39, 0.29) is 5.91 Å². The van der Waals surface area contributed by atoms with Crippen LogP contribution in [0.3, 0.4) is 0 Å². The second kappa shape index (κ2) is 8.30. The number of carbonyl (C=O) groups excluding carboxylic acids is 1. The van der Waals surface area contributed by atoms with Gasteiger partial charge in [0, 0.05) is 0 Å². The Morgan fingerprint density at radius 2 is 1.79 bits per heavy atom. The van der Waals surface area contributed by atoms with E-state index in [1.54, 1.807) is 25.5 Å². The lowest BCUT2D eigenvalue weighted by atomic mass is 10.1. The van der Waals surface area contributed by atoms with Crippen LogP contribution < -0.4 is 14.9 Å². The molecule has 0 spiro atoms. The SMILES string of the molecule is COc1cc(C)ccc1C(=O)N/N=C\c1cc(Br)c(OC)c(Br)c1. The number of amides is 1. The minimum absolute atomic E-state index is 0.338. The van der Waals surface area contributed by atoms with Crippen LogP contribution in [0.2, 0.25) is 0 Å². The lowest BCUT2D eigenvalue weighted by Gasteiger charge is -2.08. The molecule has 0 saturated heterocycles. The first-order valence-electron chi connectivity index (χ1n) is 6.97. The van der Waals surface area contributed by atoms with Gasteiger partial charge in [0.05, 0.1) is 34.9 Å². The van der Waals surface area contributed by atoms with Crippen molar-refractivity contribution in [1.29, 1.82) is 0 Å². The zero-order chi connectivity index (χ0) is 17.7. The van der Waals surface area contributed by atoms with Gasteiger partial charge < -0.3 is 9.47 Å². The van der Waals surface area contributed by atoms with Crippen LogP contribution in [-0.2, 0) is 0 Å². The number of hydrogen-bond acceptors (Lipinski definition) is 4. The maximum Gasteiger partial charge on any atom is 0.275 e. The lowest BCUT2D eigenvalue weighted by molar-refractivity contribution is 0.0952. The quantitative estimate of drug-likeness (QED) is 0.540. The van der Waals surface area contributed by atoms with Gasteiger partial charge in [0.1, 0.15) is 11.5 Å². The van der Waals surface area contributed by atoms with Crippen molar-refractivity contribution < 1.29 is 14.3 Å². The van der Waals surface area contributed by atoms with Gasteiger partial charge in [0.2, 0.25) is 0 Å². The van der Waals surface area contributed by atoms with Crippen molar-refractivity contribution in [2.24, 2.45) is 5.10 Å². The Balaban J connectivity index is 2.13. The van der Waals surface area contributed by atoms with Crippen molar-refractivity contribution >= 4 is 44.0 Å². The molecule has 2 aromatic carbocycles. The first-order valence-corrected chi connectivity index (χ1v) is 8.56. The van der Waals surface area contributed by atoms with E-state index in [0.29, 0.717) is 17.1 Å². The van der Waals surface area contributed by atoms with E-state index < -0.39 is 0 Å². The van der Waals surface area contributed by atoms with Gasteiger partial charge in [-0.05, 0) is 74.2 Å². The summed E-state index contributed by atoms with van der Waals surface area (Å²) in [6.45, 7) is 1.93. The second-order valence-electron chi connectivity index (χ2n) is 4.92. The number of hydrazone groups is 1. The Morgan fingerprint density at radius 1 is 1.12 bits per heavy atom. The van der Waals surface area contributed by atoms with E-state index in [1.165, 1.54) is 7.11 Å². The molecule has 5 nitrogen and oxygen atoms in total. The van der Waals surface area contributed by atoms with Gasteiger partial charge >= 0.3 is 0 Å². The van der Waals surface area contributed by atoms with E-state index in [9.17, 15) is 4.79 Å². The van der Waals surface area contributed by atoms with E-state index in [0.717, 1.165) is 20.1 Å². The fourth-order valence-electron chi connectivity index (χ4n) is 2.06. The summed E-state index contributed by atoms with van der Waals surface area (Å²) in [5.41, 5.74) is 4.74. The van der Waals surface area contributed by atoms with Gasteiger partial charge in [-0.2, -0.15) is 5.10 Å². The minimum Gasteiger partial charge on any atom is -0.496 e. The number of nitrogens with one attached hydrogen (secondary N) is 1. The number of ether oxygens (including phenoxy) is 2. The molecule has 0 aliphatic carbocycles. The molecule has 7 heteroatoms. The van der Waals surface area contributed by atoms with Gasteiger partial charge in [-0.1, -0.05) is 6.07 Å². The Labute approximate surface area is 157 Å². The van der Waals surface area contributed by atoms with Crippen molar-refractivity contribution in [2.45, 2.75) is 6.92 Å². The van der Waals surface area contributed by atoms with Crippen molar-refractivity contribution in [3.05, 3.63) is 56.0 Å². The van der Waals surface area contributed by atoms with E-state index in [1.807, 2.05) is 25.1 Å². The number of aryl methyl sites for hydroxylation is 1. The first-order chi connectivity index (χ1) is 11.5. The Hall–Kier alpha value is -1.86. The number of rotatable bonds is 5. The minimum atomic E-state index is -0.338. The molecule has 0 fully saturated rings. The van der Waals surface area contributed by atoms with E-state index in [2.05, 4.69) is 42.4 Å². The summed E-state index contributed by atoms with van der Waals surface area (Å²) >= 11 is 6.84. The number of nitrogens with zero attached hydrogens (tertiary/aromatic N) is 1. The first kappa shape index (κ1) is 18.5. The Kier molecular flexibility index (Phi) is 6.39. The van der Waals surface area contributed by atoms with Crippen molar-refractivity contribution in [3.8, 4) is 11.5 Å². The topological polar surface area (TPSA) is 59.9 Å². The standard InChI is InChI=1S/C17H16Br2N2O3/c1-10-4-5-12(15(6-10)23-2)17(22)21-20-9-11-7-13(18)16(24-3)14(19)8-11/h4-9H,1-3H3,(H,21,22)/b20-9-. The molecule has 2 rings (SSSR count). The van der Waals surface area contributed by atoms with Crippen LogP contribution >= 0.6 is 31.9 Å². The highest BCUT2D eigenvalue weighted by molar-refractivity contribution is 9.11. The van der Waals surface area contributed by atoms with Gasteiger partial charge in [-0.3, -0.25) is 4.79 Å². The molecular weight excluding hydrogens is 440 g/mol. The third-order valence-electron chi connectivity index (χ3n) is 3.21. The van der Waals surface area contributed by atoms with Crippen LogP contribution in [0.25, 0.3) is 0 Å². The van der Waals surface area contributed by atoms with Crippen LogP contribution in [0, 0.1) is 6.92 Å². The third-order valence-corrected chi connectivity index (χ3v) is 4.38.